The fourth-order valence-corrected chi connectivity index (χ4v) is 3.84. The van der Waals surface area contributed by atoms with E-state index in [1.807, 2.05) is 33.2 Å². The van der Waals surface area contributed by atoms with Gasteiger partial charge in [-0.15, -0.1) is 0 Å². The van der Waals surface area contributed by atoms with Crippen molar-refractivity contribution < 1.29 is 13.2 Å². The van der Waals surface area contributed by atoms with Crippen LogP contribution in [0.3, 0.4) is 0 Å². The summed E-state index contributed by atoms with van der Waals surface area (Å²) in [5.41, 5.74) is 3.09. The second-order valence-corrected chi connectivity index (χ2v) is 7.87. The van der Waals surface area contributed by atoms with Crippen LogP contribution in [0.4, 0.5) is 0 Å². The van der Waals surface area contributed by atoms with Gasteiger partial charge in [0.2, 0.25) is 10.0 Å². The molecule has 0 radical (unpaired) electrons. The Balaban J connectivity index is 1.81. The molecule has 0 bridgehead atoms. The molecule has 8 heteroatoms. The average Bonchev–Trinajstić information content (AvgIpc) is 3.08. The summed E-state index contributed by atoms with van der Waals surface area (Å²) < 4.78 is 35.2. The third kappa shape index (κ3) is 4.35. The van der Waals surface area contributed by atoms with Crippen LogP contribution in [0.1, 0.15) is 18.1 Å². The molecule has 0 amide bonds. The van der Waals surface area contributed by atoms with Gasteiger partial charge in [0, 0.05) is 31.5 Å². The molecular weight excluding hydrogens is 364 g/mol. The first-order chi connectivity index (χ1) is 12.9. The standard InChI is InChI=1S/C19H22N4O3S/c1-4-26-18-8-7-17(10-14(18)2)27(24,25)22-12-15-6-5-9-20-19(15)16-11-21-23(3)13-16/h5-11,13,22H,4,12H2,1-3H3. The number of hydrogen-bond donors (Lipinski definition) is 1. The predicted octanol–water partition coefficient (Wildman–Crippen LogP) is 2.67. The van der Waals surface area contributed by atoms with Crippen LogP contribution in [0, 0.1) is 6.92 Å². The fraction of sp³-hybridized carbons (Fsp3) is 0.263. The van der Waals surface area contributed by atoms with Crippen LogP contribution in [0.25, 0.3) is 11.3 Å². The van der Waals surface area contributed by atoms with E-state index in [0.29, 0.717) is 18.1 Å². The van der Waals surface area contributed by atoms with E-state index < -0.39 is 10.0 Å². The summed E-state index contributed by atoms with van der Waals surface area (Å²) in [4.78, 5) is 4.58. The zero-order chi connectivity index (χ0) is 19.4. The molecule has 27 heavy (non-hydrogen) atoms. The molecule has 0 saturated carbocycles. The van der Waals surface area contributed by atoms with Crippen molar-refractivity contribution in [1.29, 1.82) is 0 Å². The van der Waals surface area contributed by atoms with E-state index in [1.54, 1.807) is 41.3 Å². The number of sulfonamides is 1. The lowest BCUT2D eigenvalue weighted by molar-refractivity contribution is 0.337. The Morgan fingerprint density at radius 1 is 1.26 bits per heavy atom. The highest BCUT2D eigenvalue weighted by Crippen LogP contribution is 2.23. The maximum Gasteiger partial charge on any atom is 0.240 e. The topological polar surface area (TPSA) is 86.1 Å². The number of hydrogen-bond acceptors (Lipinski definition) is 5. The Bertz CT molecular complexity index is 1040. The van der Waals surface area contributed by atoms with Gasteiger partial charge >= 0.3 is 0 Å². The van der Waals surface area contributed by atoms with Crippen molar-refractivity contribution in [2.45, 2.75) is 25.3 Å². The molecule has 7 nitrogen and oxygen atoms in total. The molecule has 0 aliphatic heterocycles. The molecule has 0 atom stereocenters. The number of rotatable bonds is 7. The summed E-state index contributed by atoms with van der Waals surface area (Å²) in [6, 6.07) is 8.47. The summed E-state index contributed by atoms with van der Waals surface area (Å²) in [5, 5.41) is 4.15. The first-order valence-electron chi connectivity index (χ1n) is 8.56. The van der Waals surface area contributed by atoms with E-state index in [4.69, 9.17) is 4.74 Å². The molecule has 3 rings (SSSR count). The molecular formula is C19H22N4O3S. The minimum absolute atomic E-state index is 0.132. The maximum absolute atomic E-state index is 12.7. The molecule has 2 heterocycles. The molecule has 0 fully saturated rings. The number of pyridine rings is 1. The minimum Gasteiger partial charge on any atom is -0.494 e. The Morgan fingerprint density at radius 3 is 2.74 bits per heavy atom. The summed E-state index contributed by atoms with van der Waals surface area (Å²) in [7, 11) is -1.84. The lowest BCUT2D eigenvalue weighted by atomic mass is 10.1. The van der Waals surface area contributed by atoms with E-state index in [0.717, 1.165) is 16.7 Å². The predicted molar refractivity (Wildman–Crippen MR) is 103 cm³/mol. The number of aromatic nitrogens is 3. The quantitative estimate of drug-likeness (QED) is 0.675. The fourth-order valence-electron chi connectivity index (χ4n) is 2.75. The number of aryl methyl sites for hydroxylation is 2. The average molecular weight is 386 g/mol. The minimum atomic E-state index is -3.66. The number of benzene rings is 1. The van der Waals surface area contributed by atoms with Crippen molar-refractivity contribution >= 4 is 10.0 Å². The van der Waals surface area contributed by atoms with E-state index in [2.05, 4.69) is 14.8 Å². The second-order valence-electron chi connectivity index (χ2n) is 6.10. The summed E-state index contributed by atoms with van der Waals surface area (Å²) in [6.45, 7) is 4.38. The van der Waals surface area contributed by atoms with Crippen LogP contribution < -0.4 is 9.46 Å². The van der Waals surface area contributed by atoms with Gasteiger partial charge in [0.15, 0.2) is 0 Å². The summed E-state index contributed by atoms with van der Waals surface area (Å²) in [6.07, 6.45) is 5.22. The summed E-state index contributed by atoms with van der Waals surface area (Å²) >= 11 is 0. The Labute approximate surface area is 159 Å². The van der Waals surface area contributed by atoms with Crippen molar-refractivity contribution in [2.75, 3.05) is 6.61 Å². The molecule has 142 valence electrons. The van der Waals surface area contributed by atoms with Gasteiger partial charge in [0.1, 0.15) is 5.75 Å². The van der Waals surface area contributed by atoms with E-state index >= 15 is 0 Å². The van der Waals surface area contributed by atoms with Gasteiger partial charge in [-0.25, -0.2) is 13.1 Å². The van der Waals surface area contributed by atoms with Gasteiger partial charge in [0.25, 0.3) is 0 Å². The lowest BCUT2D eigenvalue weighted by Gasteiger charge is -2.12. The zero-order valence-corrected chi connectivity index (χ0v) is 16.3. The van der Waals surface area contributed by atoms with Gasteiger partial charge in [-0.3, -0.25) is 9.67 Å². The SMILES string of the molecule is CCOc1ccc(S(=O)(=O)NCc2cccnc2-c2cnn(C)c2)cc1C. The van der Waals surface area contributed by atoms with Crippen LogP contribution in [-0.2, 0) is 23.6 Å². The highest BCUT2D eigenvalue weighted by molar-refractivity contribution is 7.89. The largest absolute Gasteiger partial charge is 0.494 e. The van der Waals surface area contributed by atoms with E-state index in [1.165, 1.54) is 0 Å². The first kappa shape index (κ1) is 19.1. The smallest absolute Gasteiger partial charge is 0.240 e. The van der Waals surface area contributed by atoms with Gasteiger partial charge in [-0.05, 0) is 49.2 Å². The van der Waals surface area contributed by atoms with E-state index in [-0.39, 0.29) is 11.4 Å². The lowest BCUT2D eigenvalue weighted by Crippen LogP contribution is -2.23. The zero-order valence-electron chi connectivity index (χ0n) is 15.5. The monoisotopic (exact) mass is 386 g/mol. The number of ether oxygens (including phenoxy) is 1. The third-order valence-electron chi connectivity index (χ3n) is 4.08. The molecule has 0 spiro atoms. The second kappa shape index (κ2) is 7.89. The van der Waals surface area contributed by atoms with Crippen molar-refractivity contribution in [3.05, 3.63) is 60.0 Å². The van der Waals surface area contributed by atoms with E-state index in [9.17, 15) is 8.42 Å². The molecule has 1 aromatic carbocycles. The van der Waals surface area contributed by atoms with Gasteiger partial charge in [-0.1, -0.05) is 6.07 Å². The van der Waals surface area contributed by atoms with Crippen LogP contribution >= 0.6 is 0 Å². The maximum atomic E-state index is 12.7. The Hall–Kier alpha value is -2.71. The highest BCUT2D eigenvalue weighted by Gasteiger charge is 2.17. The molecule has 0 saturated heterocycles. The van der Waals surface area contributed by atoms with Crippen LogP contribution in [-0.4, -0.2) is 29.8 Å². The van der Waals surface area contributed by atoms with Crippen molar-refractivity contribution in [3.63, 3.8) is 0 Å². The number of nitrogens with one attached hydrogen (secondary N) is 1. The van der Waals surface area contributed by atoms with Crippen molar-refractivity contribution in [3.8, 4) is 17.0 Å². The molecule has 0 aliphatic rings. The van der Waals surface area contributed by atoms with Gasteiger partial charge in [-0.2, -0.15) is 5.10 Å². The Morgan fingerprint density at radius 2 is 2.07 bits per heavy atom. The van der Waals surface area contributed by atoms with Crippen LogP contribution in [0.2, 0.25) is 0 Å². The van der Waals surface area contributed by atoms with Gasteiger partial charge in [0.05, 0.1) is 23.4 Å². The number of nitrogens with zero attached hydrogens (tertiary/aromatic N) is 3. The molecule has 0 unspecified atom stereocenters. The van der Waals surface area contributed by atoms with Crippen LogP contribution in [0.15, 0.2) is 53.8 Å². The van der Waals surface area contributed by atoms with Gasteiger partial charge < -0.3 is 4.74 Å². The highest BCUT2D eigenvalue weighted by atomic mass is 32.2. The molecule has 2 aromatic heterocycles. The molecule has 0 aliphatic carbocycles. The van der Waals surface area contributed by atoms with Crippen LogP contribution in [0.5, 0.6) is 5.75 Å². The normalized spacial score (nSPS) is 11.5. The summed E-state index contributed by atoms with van der Waals surface area (Å²) in [5.74, 6) is 0.683. The van der Waals surface area contributed by atoms with Crippen molar-refractivity contribution in [1.82, 2.24) is 19.5 Å². The molecule has 1 N–H and O–H groups in total. The Kier molecular flexibility index (Phi) is 5.57. The first-order valence-corrected chi connectivity index (χ1v) is 10.0. The third-order valence-corrected chi connectivity index (χ3v) is 5.48. The van der Waals surface area contributed by atoms with Crippen molar-refractivity contribution in [2.24, 2.45) is 7.05 Å². The molecule has 3 aromatic rings.